The number of aryl methyl sites for hydroxylation is 1. The fourth-order valence-corrected chi connectivity index (χ4v) is 4.10. The largest absolute Gasteiger partial charge is 0.516 e. The van der Waals surface area contributed by atoms with Crippen LogP contribution in [0.1, 0.15) is 25.5 Å². The van der Waals surface area contributed by atoms with Crippen LogP contribution < -0.4 is 10.2 Å². The zero-order valence-electron chi connectivity index (χ0n) is 19.0. The fraction of sp³-hybridized carbons (Fsp3) is 0.333. The van der Waals surface area contributed by atoms with E-state index in [0.29, 0.717) is 77.9 Å². The number of aliphatic hydroxyl groups excluding tert-OH is 1. The molecule has 0 unspecified atom stereocenters. The lowest BCUT2D eigenvalue weighted by molar-refractivity contribution is 0.364. The third kappa shape index (κ3) is 4.23. The number of aromatic nitrogens is 5. The molecule has 3 aromatic heterocycles. The molecule has 0 aliphatic carbocycles. The Kier molecular flexibility index (Phi) is 5.72. The van der Waals surface area contributed by atoms with Crippen molar-refractivity contribution in [2.45, 2.75) is 32.9 Å². The average Bonchev–Trinajstić information content (AvgIpc) is 3.45. The first-order valence-corrected chi connectivity index (χ1v) is 11.2. The van der Waals surface area contributed by atoms with E-state index in [9.17, 15) is 8.78 Å². The number of alkyl halides is 1. The predicted molar refractivity (Wildman–Crippen MR) is 127 cm³/mol. The fourth-order valence-electron chi connectivity index (χ4n) is 4.10. The smallest absolute Gasteiger partial charge is 0.160 e. The van der Waals surface area contributed by atoms with Gasteiger partial charge >= 0.3 is 0 Å². The second kappa shape index (κ2) is 8.85. The SMILES string of the molecule is C/C(=C\O)CCNc1cc(N2CC[C@@H](F)C2)nc2cc(-c3nc4cc(F)ccc4nc3C)nn12. The molecule has 1 aliphatic rings. The monoisotopic (exact) mass is 465 g/mol. The van der Waals surface area contributed by atoms with Gasteiger partial charge in [-0.2, -0.15) is 9.61 Å². The summed E-state index contributed by atoms with van der Waals surface area (Å²) in [5, 5.41) is 17.2. The predicted octanol–water partition coefficient (Wildman–Crippen LogP) is 4.60. The average molecular weight is 466 g/mol. The van der Waals surface area contributed by atoms with Crippen LogP contribution in [0.15, 0.2) is 42.2 Å². The molecule has 2 N–H and O–H groups in total. The highest BCUT2D eigenvalue weighted by Gasteiger charge is 2.24. The zero-order chi connectivity index (χ0) is 23.8. The molecule has 4 heterocycles. The van der Waals surface area contributed by atoms with E-state index >= 15 is 0 Å². The molecule has 0 spiro atoms. The van der Waals surface area contributed by atoms with Crippen molar-refractivity contribution in [3.63, 3.8) is 0 Å². The van der Waals surface area contributed by atoms with E-state index < -0.39 is 6.17 Å². The van der Waals surface area contributed by atoms with Crippen LogP contribution in [0.3, 0.4) is 0 Å². The molecule has 1 aliphatic heterocycles. The van der Waals surface area contributed by atoms with Gasteiger partial charge in [0, 0.05) is 31.3 Å². The molecule has 0 radical (unpaired) electrons. The Hall–Kier alpha value is -3.82. The van der Waals surface area contributed by atoms with Gasteiger partial charge in [0.2, 0.25) is 0 Å². The van der Waals surface area contributed by atoms with Gasteiger partial charge in [-0.15, -0.1) is 0 Å². The number of rotatable bonds is 6. The third-order valence-electron chi connectivity index (χ3n) is 5.96. The quantitative estimate of drug-likeness (QED) is 0.402. The minimum Gasteiger partial charge on any atom is -0.516 e. The van der Waals surface area contributed by atoms with Gasteiger partial charge in [-0.3, -0.25) is 0 Å². The first-order valence-electron chi connectivity index (χ1n) is 11.2. The molecule has 10 heteroatoms. The van der Waals surface area contributed by atoms with Crippen LogP contribution in [0.2, 0.25) is 0 Å². The summed E-state index contributed by atoms with van der Waals surface area (Å²) in [6.45, 7) is 5.14. The molecule has 4 aromatic rings. The topological polar surface area (TPSA) is 91.5 Å². The lowest BCUT2D eigenvalue weighted by atomic mass is 10.2. The molecule has 1 atom stereocenters. The first-order chi connectivity index (χ1) is 16.4. The van der Waals surface area contributed by atoms with Gasteiger partial charge in [-0.1, -0.05) is 0 Å². The summed E-state index contributed by atoms with van der Waals surface area (Å²) in [5.41, 5.74) is 4.24. The normalized spacial score (nSPS) is 16.6. The van der Waals surface area contributed by atoms with Crippen LogP contribution in [0.5, 0.6) is 0 Å². The van der Waals surface area contributed by atoms with Crippen molar-refractivity contribution in [3.05, 3.63) is 53.7 Å². The highest BCUT2D eigenvalue weighted by Crippen LogP contribution is 2.28. The van der Waals surface area contributed by atoms with Gasteiger partial charge in [-0.25, -0.2) is 23.7 Å². The number of aliphatic hydroxyl groups is 1. The molecule has 0 amide bonds. The number of hydrogen-bond acceptors (Lipinski definition) is 7. The molecule has 1 saturated heterocycles. The molecule has 176 valence electrons. The Labute approximate surface area is 195 Å². The van der Waals surface area contributed by atoms with Crippen LogP contribution in [-0.2, 0) is 0 Å². The van der Waals surface area contributed by atoms with Gasteiger partial charge < -0.3 is 15.3 Å². The summed E-state index contributed by atoms with van der Waals surface area (Å²) in [5.74, 6) is 0.976. The van der Waals surface area contributed by atoms with E-state index in [4.69, 9.17) is 15.2 Å². The number of anilines is 2. The molecule has 1 fully saturated rings. The van der Waals surface area contributed by atoms with Gasteiger partial charge in [0.05, 0.1) is 29.5 Å². The summed E-state index contributed by atoms with van der Waals surface area (Å²) in [6.07, 6.45) is 1.34. The van der Waals surface area contributed by atoms with E-state index in [2.05, 4.69) is 15.3 Å². The van der Waals surface area contributed by atoms with Crippen LogP contribution in [0, 0.1) is 12.7 Å². The number of nitrogens with one attached hydrogen (secondary N) is 1. The van der Waals surface area contributed by atoms with Crippen molar-refractivity contribution in [1.82, 2.24) is 24.6 Å². The molecular formula is C24H25F2N7O. The maximum Gasteiger partial charge on any atom is 0.160 e. The number of benzene rings is 1. The van der Waals surface area contributed by atoms with Crippen molar-refractivity contribution < 1.29 is 13.9 Å². The van der Waals surface area contributed by atoms with E-state index in [1.165, 1.54) is 12.1 Å². The van der Waals surface area contributed by atoms with Crippen molar-refractivity contribution in [1.29, 1.82) is 0 Å². The maximum atomic E-state index is 13.9. The highest BCUT2D eigenvalue weighted by atomic mass is 19.1. The van der Waals surface area contributed by atoms with E-state index in [0.717, 1.165) is 11.8 Å². The van der Waals surface area contributed by atoms with Gasteiger partial charge in [-0.05, 0) is 44.4 Å². The number of halogens is 2. The molecule has 5 rings (SSSR count). The third-order valence-corrected chi connectivity index (χ3v) is 5.96. The summed E-state index contributed by atoms with van der Waals surface area (Å²) < 4.78 is 29.3. The number of nitrogens with zero attached hydrogens (tertiary/aromatic N) is 6. The minimum absolute atomic E-state index is 0.302. The summed E-state index contributed by atoms with van der Waals surface area (Å²) in [6, 6.07) is 7.97. The molecule has 34 heavy (non-hydrogen) atoms. The van der Waals surface area contributed by atoms with Crippen molar-refractivity contribution >= 4 is 28.3 Å². The van der Waals surface area contributed by atoms with E-state index in [1.807, 2.05) is 24.8 Å². The Morgan fingerprint density at radius 1 is 1.21 bits per heavy atom. The van der Waals surface area contributed by atoms with Crippen molar-refractivity contribution in [3.8, 4) is 11.4 Å². The number of fused-ring (bicyclic) bond motifs is 2. The molecule has 0 saturated carbocycles. The Morgan fingerprint density at radius 2 is 2.06 bits per heavy atom. The molecular weight excluding hydrogens is 440 g/mol. The first kappa shape index (κ1) is 22.0. The van der Waals surface area contributed by atoms with Crippen LogP contribution in [0.4, 0.5) is 20.4 Å². The number of hydrogen-bond donors (Lipinski definition) is 2. The Balaban J connectivity index is 1.58. The standard InChI is InChI=1S/C24H25F2N7O/c1-14(13-34)5-7-27-21-11-22(32-8-6-17(26)12-32)30-23-10-20(31-33(21)23)24-15(2)28-18-4-3-16(25)9-19(18)29-24/h3-4,9-11,13,17,27,34H,5-8,12H2,1-2H3/b14-13+/t17-/m1/s1. The zero-order valence-corrected chi connectivity index (χ0v) is 19.0. The van der Waals surface area contributed by atoms with E-state index in [-0.39, 0.29) is 5.82 Å². The lowest BCUT2D eigenvalue weighted by Gasteiger charge is -2.18. The van der Waals surface area contributed by atoms with Crippen molar-refractivity contribution in [2.75, 3.05) is 29.9 Å². The summed E-state index contributed by atoms with van der Waals surface area (Å²) >= 11 is 0. The van der Waals surface area contributed by atoms with Crippen molar-refractivity contribution in [2.24, 2.45) is 0 Å². The van der Waals surface area contributed by atoms with E-state index in [1.54, 1.807) is 16.6 Å². The second-order valence-electron chi connectivity index (χ2n) is 8.57. The van der Waals surface area contributed by atoms with Crippen LogP contribution >= 0.6 is 0 Å². The highest BCUT2D eigenvalue weighted by molar-refractivity contribution is 5.78. The minimum atomic E-state index is -0.872. The van der Waals surface area contributed by atoms with Gasteiger partial charge in [0.1, 0.15) is 35.0 Å². The molecule has 8 nitrogen and oxygen atoms in total. The maximum absolute atomic E-state index is 13.9. The Morgan fingerprint density at radius 3 is 2.82 bits per heavy atom. The van der Waals surface area contributed by atoms with Crippen LogP contribution in [0.25, 0.3) is 28.1 Å². The summed E-state index contributed by atoms with van der Waals surface area (Å²) in [7, 11) is 0. The Bertz CT molecular complexity index is 1400. The van der Waals surface area contributed by atoms with Gasteiger partial charge in [0.25, 0.3) is 0 Å². The lowest BCUT2D eigenvalue weighted by Crippen LogP contribution is -2.22. The molecule has 0 bridgehead atoms. The second-order valence-corrected chi connectivity index (χ2v) is 8.57. The van der Waals surface area contributed by atoms with Gasteiger partial charge in [0.15, 0.2) is 5.65 Å². The van der Waals surface area contributed by atoms with Crippen LogP contribution in [-0.4, -0.2) is 55.5 Å². The summed E-state index contributed by atoms with van der Waals surface area (Å²) in [4.78, 5) is 15.8. The molecule has 1 aromatic carbocycles.